The van der Waals surface area contributed by atoms with Gasteiger partial charge in [0.2, 0.25) is 0 Å². The number of benzene rings is 2. The van der Waals surface area contributed by atoms with Crippen molar-refractivity contribution in [2.75, 3.05) is 7.05 Å². The molecule has 0 saturated heterocycles. The normalized spacial score (nSPS) is 10.6. The van der Waals surface area contributed by atoms with Crippen molar-refractivity contribution in [3.63, 3.8) is 0 Å². The number of ether oxygens (including phenoxy) is 1. The average molecular weight is 298 g/mol. The standard InChI is InChI=1S/C15H14ClF2NO/c1-19-8-10-4-2-7-14(18)15(10)20-9-11-12(16)5-3-6-13(11)17/h2-7,19H,8-9H2,1H3. The lowest BCUT2D eigenvalue weighted by atomic mass is 10.2. The van der Waals surface area contributed by atoms with Crippen LogP contribution in [0.15, 0.2) is 36.4 Å². The highest BCUT2D eigenvalue weighted by molar-refractivity contribution is 6.31. The van der Waals surface area contributed by atoms with Crippen LogP contribution in [0, 0.1) is 11.6 Å². The second kappa shape index (κ2) is 6.68. The minimum absolute atomic E-state index is 0.112. The van der Waals surface area contributed by atoms with Crippen LogP contribution in [-0.4, -0.2) is 7.05 Å². The monoisotopic (exact) mass is 297 g/mol. The maximum Gasteiger partial charge on any atom is 0.165 e. The molecule has 2 nitrogen and oxygen atoms in total. The van der Waals surface area contributed by atoms with Gasteiger partial charge >= 0.3 is 0 Å². The summed E-state index contributed by atoms with van der Waals surface area (Å²) in [6.45, 7) is 0.335. The van der Waals surface area contributed by atoms with Crippen LogP contribution < -0.4 is 10.1 Å². The Morgan fingerprint density at radius 1 is 1.10 bits per heavy atom. The Morgan fingerprint density at radius 2 is 1.80 bits per heavy atom. The number of hydrogen-bond donors (Lipinski definition) is 1. The van der Waals surface area contributed by atoms with Crippen LogP contribution in [0.5, 0.6) is 5.75 Å². The molecule has 5 heteroatoms. The first-order chi connectivity index (χ1) is 9.63. The van der Waals surface area contributed by atoms with E-state index in [1.807, 2.05) is 0 Å². The Hall–Kier alpha value is -1.65. The molecule has 0 radical (unpaired) electrons. The first-order valence-corrected chi connectivity index (χ1v) is 6.49. The average Bonchev–Trinajstić information content (AvgIpc) is 2.41. The van der Waals surface area contributed by atoms with Crippen molar-refractivity contribution in [2.45, 2.75) is 13.2 Å². The summed E-state index contributed by atoms with van der Waals surface area (Å²) < 4.78 is 32.9. The largest absolute Gasteiger partial charge is 0.485 e. The Kier molecular flexibility index (Phi) is 4.93. The van der Waals surface area contributed by atoms with Gasteiger partial charge in [-0.2, -0.15) is 0 Å². The number of rotatable bonds is 5. The molecule has 20 heavy (non-hydrogen) atoms. The molecule has 0 aliphatic carbocycles. The highest BCUT2D eigenvalue weighted by Crippen LogP contribution is 2.26. The lowest BCUT2D eigenvalue weighted by molar-refractivity contribution is 0.281. The number of nitrogens with one attached hydrogen (secondary N) is 1. The fourth-order valence-corrected chi connectivity index (χ4v) is 2.08. The second-order valence-corrected chi connectivity index (χ2v) is 4.65. The lowest BCUT2D eigenvalue weighted by Gasteiger charge is -2.13. The fourth-order valence-electron chi connectivity index (χ4n) is 1.86. The number of para-hydroxylation sites is 1. The van der Waals surface area contributed by atoms with E-state index in [4.69, 9.17) is 16.3 Å². The van der Waals surface area contributed by atoms with E-state index in [0.29, 0.717) is 12.1 Å². The van der Waals surface area contributed by atoms with Crippen LogP contribution in [-0.2, 0) is 13.2 Å². The third-order valence-corrected chi connectivity index (χ3v) is 3.19. The number of halogens is 3. The van der Waals surface area contributed by atoms with Crippen molar-refractivity contribution < 1.29 is 13.5 Å². The molecular weight excluding hydrogens is 284 g/mol. The van der Waals surface area contributed by atoms with Crippen LogP contribution in [0.25, 0.3) is 0 Å². The maximum absolute atomic E-state index is 13.8. The molecule has 0 amide bonds. The molecule has 0 saturated carbocycles. The molecule has 0 atom stereocenters. The van der Waals surface area contributed by atoms with Crippen LogP contribution in [0.2, 0.25) is 5.02 Å². The van der Waals surface area contributed by atoms with Crippen LogP contribution in [0.3, 0.4) is 0 Å². The smallest absolute Gasteiger partial charge is 0.165 e. The topological polar surface area (TPSA) is 21.3 Å². The summed E-state index contributed by atoms with van der Waals surface area (Å²) in [6.07, 6.45) is 0. The Morgan fingerprint density at radius 3 is 2.50 bits per heavy atom. The van der Waals surface area contributed by atoms with Crippen molar-refractivity contribution in [3.05, 3.63) is 64.2 Å². The third kappa shape index (κ3) is 3.26. The van der Waals surface area contributed by atoms with E-state index in [0.717, 1.165) is 0 Å². The molecule has 0 unspecified atom stereocenters. The quantitative estimate of drug-likeness (QED) is 0.903. The van der Waals surface area contributed by atoms with Gasteiger partial charge in [0.25, 0.3) is 0 Å². The maximum atomic E-state index is 13.8. The molecule has 2 aromatic carbocycles. The predicted molar refractivity (Wildman–Crippen MR) is 74.9 cm³/mol. The first kappa shape index (κ1) is 14.8. The van der Waals surface area contributed by atoms with E-state index in [1.165, 1.54) is 18.2 Å². The van der Waals surface area contributed by atoms with Crippen molar-refractivity contribution in [2.24, 2.45) is 0 Å². The van der Waals surface area contributed by atoms with Gasteiger partial charge in [-0.25, -0.2) is 8.78 Å². The minimum Gasteiger partial charge on any atom is -0.485 e. The molecule has 106 valence electrons. The lowest BCUT2D eigenvalue weighted by Crippen LogP contribution is -2.09. The third-order valence-electron chi connectivity index (χ3n) is 2.84. The zero-order chi connectivity index (χ0) is 14.5. The van der Waals surface area contributed by atoms with Gasteiger partial charge in [0.1, 0.15) is 12.4 Å². The van der Waals surface area contributed by atoms with E-state index < -0.39 is 11.6 Å². The predicted octanol–water partition coefficient (Wildman–Crippen LogP) is 3.92. The van der Waals surface area contributed by atoms with Crippen LogP contribution in [0.4, 0.5) is 8.78 Å². The molecule has 2 aromatic rings. The van der Waals surface area contributed by atoms with E-state index in [-0.39, 0.29) is 22.9 Å². The van der Waals surface area contributed by atoms with E-state index in [1.54, 1.807) is 25.2 Å². The summed E-state index contributed by atoms with van der Waals surface area (Å²) in [4.78, 5) is 0. The van der Waals surface area contributed by atoms with Gasteiger partial charge in [-0.3, -0.25) is 0 Å². The summed E-state index contributed by atoms with van der Waals surface area (Å²) in [5.74, 6) is -0.838. The van der Waals surface area contributed by atoms with E-state index >= 15 is 0 Å². The fraction of sp³-hybridized carbons (Fsp3) is 0.200. The van der Waals surface area contributed by atoms with E-state index in [9.17, 15) is 8.78 Å². The van der Waals surface area contributed by atoms with Gasteiger partial charge in [-0.05, 0) is 25.2 Å². The second-order valence-electron chi connectivity index (χ2n) is 4.25. The zero-order valence-corrected chi connectivity index (χ0v) is 11.7. The summed E-state index contributed by atoms with van der Waals surface area (Å²) >= 11 is 5.91. The first-order valence-electron chi connectivity index (χ1n) is 6.11. The summed E-state index contributed by atoms with van der Waals surface area (Å²) in [7, 11) is 1.75. The van der Waals surface area contributed by atoms with Crippen molar-refractivity contribution in [1.29, 1.82) is 0 Å². The number of hydrogen-bond acceptors (Lipinski definition) is 2. The van der Waals surface area contributed by atoms with Crippen LogP contribution in [0.1, 0.15) is 11.1 Å². The van der Waals surface area contributed by atoms with Crippen molar-refractivity contribution in [3.8, 4) is 5.75 Å². The molecule has 0 aromatic heterocycles. The molecule has 2 rings (SSSR count). The molecule has 0 spiro atoms. The Balaban J connectivity index is 2.23. The summed E-state index contributed by atoms with van der Waals surface area (Å²) in [5.41, 5.74) is 0.882. The van der Waals surface area contributed by atoms with Gasteiger partial charge < -0.3 is 10.1 Å². The van der Waals surface area contributed by atoms with E-state index in [2.05, 4.69) is 5.32 Å². The van der Waals surface area contributed by atoms with Crippen LogP contribution >= 0.6 is 11.6 Å². The van der Waals surface area contributed by atoms with Gasteiger partial charge in [0, 0.05) is 17.7 Å². The van der Waals surface area contributed by atoms with Gasteiger partial charge in [-0.15, -0.1) is 0 Å². The molecule has 0 fully saturated rings. The van der Waals surface area contributed by atoms with Gasteiger partial charge in [0.15, 0.2) is 11.6 Å². The molecular formula is C15H14ClF2NO. The molecule has 1 N–H and O–H groups in total. The highest BCUT2D eigenvalue weighted by Gasteiger charge is 2.12. The minimum atomic E-state index is -0.481. The molecule has 0 aliphatic heterocycles. The van der Waals surface area contributed by atoms with Gasteiger partial charge in [0.05, 0.1) is 5.02 Å². The molecule has 0 aliphatic rings. The summed E-state index contributed by atoms with van der Waals surface area (Å²) in [6, 6.07) is 9.02. The zero-order valence-electron chi connectivity index (χ0n) is 10.9. The molecule has 0 bridgehead atoms. The summed E-state index contributed by atoms with van der Waals surface area (Å²) in [5, 5.41) is 3.19. The van der Waals surface area contributed by atoms with Crippen molar-refractivity contribution in [1.82, 2.24) is 5.32 Å². The Bertz CT molecular complexity index is 584. The highest BCUT2D eigenvalue weighted by atomic mass is 35.5. The van der Waals surface area contributed by atoms with Gasteiger partial charge in [-0.1, -0.05) is 29.8 Å². The SMILES string of the molecule is CNCc1cccc(F)c1OCc1c(F)cccc1Cl. The van der Waals surface area contributed by atoms with Crippen molar-refractivity contribution >= 4 is 11.6 Å². The molecule has 0 heterocycles. The Labute approximate surface area is 121 Å².